The largest absolute Gasteiger partial charge is 0.493 e. The Bertz CT molecular complexity index is 622. The van der Waals surface area contributed by atoms with E-state index in [-0.39, 0.29) is 30.3 Å². The fourth-order valence-corrected chi connectivity index (χ4v) is 1.69. The van der Waals surface area contributed by atoms with Gasteiger partial charge in [-0.1, -0.05) is 13.8 Å². The molecule has 0 aliphatic carbocycles. The molecule has 0 unspecified atom stereocenters. The molecule has 7 heteroatoms. The summed E-state index contributed by atoms with van der Waals surface area (Å²) in [5.41, 5.74) is 0.175. The van der Waals surface area contributed by atoms with Crippen LogP contribution in [0.25, 0.3) is 0 Å². The predicted molar refractivity (Wildman–Crippen MR) is 74.5 cm³/mol. The molecule has 2 rings (SSSR count). The molecule has 7 nitrogen and oxygen atoms in total. The summed E-state index contributed by atoms with van der Waals surface area (Å²) in [4.78, 5) is 8.09. The summed E-state index contributed by atoms with van der Waals surface area (Å²) in [6.45, 7) is 7.89. The van der Waals surface area contributed by atoms with Gasteiger partial charge in [0.2, 0.25) is 5.88 Å². The molecule has 0 amide bonds. The number of hydrogen-bond donors (Lipinski definition) is 2. The van der Waals surface area contributed by atoms with Crippen molar-refractivity contribution in [2.45, 2.75) is 39.0 Å². The van der Waals surface area contributed by atoms with Gasteiger partial charge < -0.3 is 19.5 Å². The third kappa shape index (κ3) is 3.62. The number of hydrogen-bond acceptors (Lipinski definition) is 7. The van der Waals surface area contributed by atoms with Crippen LogP contribution in [0.4, 0.5) is 0 Å². The summed E-state index contributed by atoms with van der Waals surface area (Å²) >= 11 is 0. The molecular weight excluding hydrogens is 274 g/mol. The van der Waals surface area contributed by atoms with Gasteiger partial charge in [-0.05, 0) is 24.9 Å². The Morgan fingerprint density at radius 1 is 1.19 bits per heavy atom. The number of ether oxygens (including phenoxy) is 1. The van der Waals surface area contributed by atoms with Gasteiger partial charge in [-0.15, -0.1) is 0 Å². The van der Waals surface area contributed by atoms with Crippen molar-refractivity contribution in [3.8, 4) is 17.8 Å². The normalized spacial score (nSPS) is 11.9. The Hall–Kier alpha value is -2.31. The summed E-state index contributed by atoms with van der Waals surface area (Å²) < 4.78 is 10.6. The highest BCUT2D eigenvalue weighted by molar-refractivity contribution is 5.20. The van der Waals surface area contributed by atoms with Gasteiger partial charge in [-0.25, -0.2) is 0 Å². The lowest BCUT2D eigenvalue weighted by Gasteiger charge is -2.20. The maximum atomic E-state index is 9.60. The second-order valence-corrected chi connectivity index (χ2v) is 5.81. The molecule has 0 atom stereocenters. The lowest BCUT2D eigenvalue weighted by molar-refractivity contribution is 0.189. The molecular formula is C14H19N3O4. The summed E-state index contributed by atoms with van der Waals surface area (Å²) in [7, 11) is 0. The number of aromatic hydroxyl groups is 2. The van der Waals surface area contributed by atoms with E-state index in [0.717, 1.165) is 0 Å². The van der Waals surface area contributed by atoms with Crippen molar-refractivity contribution < 1.29 is 19.5 Å². The highest BCUT2D eigenvalue weighted by Crippen LogP contribution is 2.27. The predicted octanol–water partition coefficient (Wildman–Crippen LogP) is 2.36. The molecule has 0 spiro atoms. The molecule has 0 fully saturated rings. The molecule has 2 heterocycles. The molecule has 21 heavy (non-hydrogen) atoms. The minimum absolute atomic E-state index is 0.107. The Kier molecular flexibility index (Phi) is 4.02. The lowest BCUT2D eigenvalue weighted by atomic mass is 9.91. The van der Waals surface area contributed by atoms with E-state index in [1.807, 2.05) is 27.7 Å². The summed E-state index contributed by atoms with van der Waals surface area (Å²) in [5, 5.41) is 22.3. The number of rotatable bonds is 5. The Labute approximate surface area is 122 Å². The van der Waals surface area contributed by atoms with Gasteiger partial charge in [0.05, 0.1) is 11.1 Å². The quantitative estimate of drug-likeness (QED) is 0.872. The second-order valence-electron chi connectivity index (χ2n) is 5.81. The first-order chi connectivity index (χ1) is 9.78. The molecule has 0 saturated carbocycles. The first-order valence-corrected chi connectivity index (χ1v) is 6.65. The summed E-state index contributed by atoms with van der Waals surface area (Å²) in [6, 6.07) is 3.05. The SMILES string of the molecule is CC(C)c1cc(O)nc(OCC(C)(C)c2cc(O)no2)n1. The van der Waals surface area contributed by atoms with Gasteiger partial charge in [0.1, 0.15) is 12.4 Å². The number of nitrogens with zero attached hydrogens (tertiary/aromatic N) is 3. The van der Waals surface area contributed by atoms with Gasteiger partial charge in [-0.3, -0.25) is 0 Å². The van der Waals surface area contributed by atoms with E-state index >= 15 is 0 Å². The molecule has 0 saturated heterocycles. The van der Waals surface area contributed by atoms with Crippen molar-refractivity contribution in [3.63, 3.8) is 0 Å². The lowest BCUT2D eigenvalue weighted by Crippen LogP contribution is -2.26. The van der Waals surface area contributed by atoms with E-state index in [1.165, 1.54) is 12.1 Å². The van der Waals surface area contributed by atoms with Gasteiger partial charge in [-0.2, -0.15) is 9.97 Å². The molecule has 0 aromatic carbocycles. The van der Waals surface area contributed by atoms with Crippen LogP contribution in [0.3, 0.4) is 0 Å². The van der Waals surface area contributed by atoms with Gasteiger partial charge >= 0.3 is 6.01 Å². The molecule has 0 aliphatic rings. The Morgan fingerprint density at radius 2 is 1.90 bits per heavy atom. The minimum atomic E-state index is -0.527. The average Bonchev–Trinajstić information content (AvgIpc) is 2.83. The van der Waals surface area contributed by atoms with Crippen molar-refractivity contribution in [1.82, 2.24) is 15.1 Å². The first kappa shape index (κ1) is 15.1. The van der Waals surface area contributed by atoms with Crippen molar-refractivity contribution in [2.24, 2.45) is 0 Å². The minimum Gasteiger partial charge on any atom is -0.493 e. The molecule has 0 radical (unpaired) electrons. The molecule has 0 aliphatic heterocycles. The van der Waals surface area contributed by atoms with Gasteiger partial charge in [0, 0.05) is 12.1 Å². The van der Waals surface area contributed by atoms with Crippen LogP contribution in [0.15, 0.2) is 16.7 Å². The van der Waals surface area contributed by atoms with Crippen molar-refractivity contribution in [1.29, 1.82) is 0 Å². The molecule has 114 valence electrons. The van der Waals surface area contributed by atoms with Gasteiger partial charge in [0.25, 0.3) is 5.88 Å². The van der Waals surface area contributed by atoms with Crippen molar-refractivity contribution >= 4 is 0 Å². The van der Waals surface area contributed by atoms with Gasteiger partial charge in [0.15, 0.2) is 0 Å². The zero-order valence-corrected chi connectivity index (χ0v) is 12.5. The summed E-state index contributed by atoms with van der Waals surface area (Å²) in [5.74, 6) is 0.345. The van der Waals surface area contributed by atoms with Crippen molar-refractivity contribution in [3.05, 3.63) is 23.6 Å². The van der Waals surface area contributed by atoms with E-state index in [2.05, 4.69) is 15.1 Å². The zero-order chi connectivity index (χ0) is 15.6. The highest BCUT2D eigenvalue weighted by atomic mass is 16.5. The smallest absolute Gasteiger partial charge is 0.319 e. The van der Waals surface area contributed by atoms with Crippen LogP contribution >= 0.6 is 0 Å². The monoisotopic (exact) mass is 293 g/mol. The standard InChI is InChI=1S/C14H19N3O4/c1-8(2)9-5-11(18)16-13(15-9)20-7-14(3,4)10-6-12(19)17-21-10/h5-6,8H,7H2,1-4H3,(H,17,19)(H,15,16,18). The van der Waals surface area contributed by atoms with E-state index in [0.29, 0.717) is 11.5 Å². The fraction of sp³-hybridized carbons (Fsp3) is 0.500. The van der Waals surface area contributed by atoms with Crippen LogP contribution < -0.4 is 4.74 Å². The Balaban J connectivity index is 2.12. The van der Waals surface area contributed by atoms with Crippen LogP contribution in [-0.2, 0) is 5.41 Å². The third-order valence-electron chi connectivity index (χ3n) is 3.03. The maximum Gasteiger partial charge on any atom is 0.319 e. The summed E-state index contributed by atoms with van der Waals surface area (Å²) in [6.07, 6.45) is 0. The molecule has 2 N–H and O–H groups in total. The molecule has 2 aromatic heterocycles. The molecule has 0 bridgehead atoms. The fourth-order valence-electron chi connectivity index (χ4n) is 1.69. The van der Waals surface area contributed by atoms with Crippen LogP contribution in [0, 0.1) is 0 Å². The average molecular weight is 293 g/mol. The topological polar surface area (TPSA) is 102 Å². The van der Waals surface area contributed by atoms with Crippen LogP contribution in [0.2, 0.25) is 0 Å². The van der Waals surface area contributed by atoms with Crippen LogP contribution in [-0.4, -0.2) is 31.9 Å². The molecule has 2 aromatic rings. The Morgan fingerprint density at radius 3 is 2.48 bits per heavy atom. The number of aromatic nitrogens is 3. The van der Waals surface area contributed by atoms with E-state index < -0.39 is 5.41 Å². The van der Waals surface area contributed by atoms with E-state index in [1.54, 1.807) is 0 Å². The zero-order valence-electron chi connectivity index (χ0n) is 12.5. The van der Waals surface area contributed by atoms with E-state index in [9.17, 15) is 10.2 Å². The maximum absolute atomic E-state index is 9.60. The first-order valence-electron chi connectivity index (χ1n) is 6.65. The van der Waals surface area contributed by atoms with E-state index in [4.69, 9.17) is 9.26 Å². The van der Waals surface area contributed by atoms with Crippen molar-refractivity contribution in [2.75, 3.05) is 6.61 Å². The second kappa shape index (κ2) is 5.59. The van der Waals surface area contributed by atoms with Crippen LogP contribution in [0.1, 0.15) is 45.1 Å². The third-order valence-corrected chi connectivity index (χ3v) is 3.03. The van der Waals surface area contributed by atoms with Crippen LogP contribution in [0.5, 0.6) is 17.8 Å². The highest BCUT2D eigenvalue weighted by Gasteiger charge is 2.27.